The van der Waals surface area contributed by atoms with E-state index in [4.69, 9.17) is 20.2 Å². The molecule has 14 heavy (non-hydrogen) atoms. The summed E-state index contributed by atoms with van der Waals surface area (Å²) in [6.45, 7) is 0.949. The van der Waals surface area contributed by atoms with Crippen molar-refractivity contribution >= 4 is 31.1 Å². The zero-order valence-electron chi connectivity index (χ0n) is 6.97. The van der Waals surface area contributed by atoms with Crippen molar-refractivity contribution < 1.29 is 17.9 Å². The van der Waals surface area contributed by atoms with Gasteiger partial charge in [0.2, 0.25) is 0 Å². The third-order valence-corrected chi connectivity index (χ3v) is 4.84. The fourth-order valence-electron chi connectivity index (χ4n) is 1.22. The number of hydrogen-bond donors (Lipinski definition) is 0. The van der Waals surface area contributed by atoms with E-state index in [9.17, 15) is 8.42 Å². The van der Waals surface area contributed by atoms with E-state index in [1.165, 1.54) is 0 Å². The molecule has 0 N–H and O–H groups in total. The van der Waals surface area contributed by atoms with Crippen molar-refractivity contribution in [2.24, 2.45) is 0 Å². The molecule has 7 heteroatoms. The number of ether oxygens (including phenoxy) is 2. The minimum atomic E-state index is -3.70. The van der Waals surface area contributed by atoms with Gasteiger partial charge >= 0.3 is 0 Å². The molecule has 1 aromatic heterocycles. The van der Waals surface area contributed by atoms with Gasteiger partial charge in [-0.15, -0.1) is 11.3 Å². The summed E-state index contributed by atoms with van der Waals surface area (Å²) >= 11 is 1.06. The highest BCUT2D eigenvalue weighted by Gasteiger charge is 2.27. The predicted octanol–water partition coefficient (Wildman–Crippen LogP) is 1.72. The standard InChI is InChI=1S/C7H7ClO4S2/c8-14(9,10)7-5(1-4-13-7)6-11-2-3-12-6/h1,4,6H,2-3H2. The molecule has 1 aliphatic heterocycles. The Balaban J connectivity index is 2.39. The average Bonchev–Trinajstić information content (AvgIpc) is 2.73. The van der Waals surface area contributed by atoms with Crippen LogP contribution in [0.5, 0.6) is 0 Å². The Labute approximate surface area is 89.8 Å². The van der Waals surface area contributed by atoms with Crippen LogP contribution in [0.1, 0.15) is 11.9 Å². The van der Waals surface area contributed by atoms with Gasteiger partial charge in [-0.25, -0.2) is 8.42 Å². The third-order valence-electron chi connectivity index (χ3n) is 1.76. The first kappa shape index (κ1) is 10.4. The molecule has 0 unspecified atom stereocenters. The zero-order chi connectivity index (χ0) is 10.2. The number of hydrogen-bond acceptors (Lipinski definition) is 5. The first-order valence-electron chi connectivity index (χ1n) is 3.84. The van der Waals surface area contributed by atoms with Crippen LogP contribution in [0.4, 0.5) is 0 Å². The Kier molecular flexibility index (Phi) is 2.81. The molecular formula is C7H7ClO4S2. The van der Waals surface area contributed by atoms with Crippen molar-refractivity contribution in [1.82, 2.24) is 0 Å². The van der Waals surface area contributed by atoms with E-state index in [1.807, 2.05) is 0 Å². The Morgan fingerprint density at radius 2 is 2.07 bits per heavy atom. The van der Waals surface area contributed by atoms with Gasteiger partial charge < -0.3 is 9.47 Å². The fraction of sp³-hybridized carbons (Fsp3) is 0.429. The summed E-state index contributed by atoms with van der Waals surface area (Å²) in [6.07, 6.45) is -0.593. The Morgan fingerprint density at radius 3 is 2.64 bits per heavy atom. The summed E-state index contributed by atoms with van der Waals surface area (Å²) in [5.74, 6) is 0. The molecule has 0 aliphatic carbocycles. The predicted molar refractivity (Wildman–Crippen MR) is 52.0 cm³/mol. The first-order chi connectivity index (χ1) is 6.59. The average molecular weight is 255 g/mol. The van der Waals surface area contributed by atoms with Gasteiger partial charge in [-0.2, -0.15) is 0 Å². The minimum Gasteiger partial charge on any atom is -0.346 e. The van der Waals surface area contributed by atoms with Crippen LogP contribution in [0.3, 0.4) is 0 Å². The van der Waals surface area contributed by atoms with Crippen molar-refractivity contribution in [3.8, 4) is 0 Å². The molecule has 0 bridgehead atoms. The van der Waals surface area contributed by atoms with Crippen LogP contribution in [0.25, 0.3) is 0 Å². The molecule has 2 rings (SSSR count). The van der Waals surface area contributed by atoms with E-state index in [0.717, 1.165) is 11.3 Å². The van der Waals surface area contributed by atoms with Gasteiger partial charge in [0.05, 0.1) is 13.2 Å². The monoisotopic (exact) mass is 254 g/mol. The highest BCUT2D eigenvalue weighted by Crippen LogP contribution is 2.34. The van der Waals surface area contributed by atoms with E-state index in [-0.39, 0.29) is 4.21 Å². The second kappa shape index (κ2) is 3.79. The lowest BCUT2D eigenvalue weighted by Gasteiger charge is -2.07. The van der Waals surface area contributed by atoms with Crippen LogP contribution in [-0.2, 0) is 18.5 Å². The molecule has 1 aromatic rings. The molecule has 1 fully saturated rings. The molecule has 0 amide bonds. The van der Waals surface area contributed by atoms with Gasteiger partial charge in [-0.1, -0.05) is 0 Å². The Hall–Kier alpha value is -0.140. The van der Waals surface area contributed by atoms with Crippen LogP contribution in [0, 0.1) is 0 Å². The normalized spacial score (nSPS) is 18.9. The molecule has 0 aromatic carbocycles. The van der Waals surface area contributed by atoms with Crippen molar-refractivity contribution in [3.63, 3.8) is 0 Å². The van der Waals surface area contributed by atoms with Crippen LogP contribution in [-0.4, -0.2) is 21.6 Å². The summed E-state index contributed by atoms with van der Waals surface area (Å²) in [5.41, 5.74) is 0.488. The molecule has 0 radical (unpaired) electrons. The lowest BCUT2D eigenvalue weighted by atomic mass is 10.3. The third kappa shape index (κ3) is 1.94. The topological polar surface area (TPSA) is 52.6 Å². The van der Waals surface area contributed by atoms with Gasteiger partial charge in [-0.05, 0) is 11.4 Å². The van der Waals surface area contributed by atoms with E-state index in [0.29, 0.717) is 18.8 Å². The van der Waals surface area contributed by atoms with Crippen LogP contribution in [0.2, 0.25) is 0 Å². The lowest BCUT2D eigenvalue weighted by molar-refractivity contribution is -0.0456. The van der Waals surface area contributed by atoms with E-state index in [1.54, 1.807) is 11.4 Å². The maximum atomic E-state index is 11.1. The van der Waals surface area contributed by atoms with Gasteiger partial charge in [0.15, 0.2) is 6.29 Å². The molecular weight excluding hydrogens is 248 g/mol. The molecule has 1 aliphatic rings. The summed E-state index contributed by atoms with van der Waals surface area (Å²) < 4.78 is 32.8. The number of halogens is 1. The lowest BCUT2D eigenvalue weighted by Crippen LogP contribution is -2.01. The van der Waals surface area contributed by atoms with Crippen molar-refractivity contribution in [2.45, 2.75) is 10.5 Å². The summed E-state index contributed by atoms with van der Waals surface area (Å²) in [4.78, 5) is 0. The van der Waals surface area contributed by atoms with Crippen molar-refractivity contribution in [3.05, 3.63) is 17.0 Å². The van der Waals surface area contributed by atoms with Gasteiger partial charge in [-0.3, -0.25) is 0 Å². The second-order valence-electron chi connectivity index (χ2n) is 2.67. The summed E-state index contributed by atoms with van der Waals surface area (Å²) in [6, 6.07) is 1.65. The Morgan fingerprint density at radius 1 is 1.43 bits per heavy atom. The van der Waals surface area contributed by atoms with Gasteiger partial charge in [0.1, 0.15) is 4.21 Å². The minimum absolute atomic E-state index is 0.103. The highest BCUT2D eigenvalue weighted by molar-refractivity contribution is 8.15. The van der Waals surface area contributed by atoms with E-state index < -0.39 is 15.3 Å². The van der Waals surface area contributed by atoms with E-state index in [2.05, 4.69) is 0 Å². The molecule has 1 saturated heterocycles. The number of rotatable bonds is 2. The van der Waals surface area contributed by atoms with E-state index >= 15 is 0 Å². The SMILES string of the molecule is O=S(=O)(Cl)c1sccc1C1OCCO1. The van der Waals surface area contributed by atoms with Crippen LogP contribution < -0.4 is 0 Å². The molecule has 0 atom stereocenters. The smallest absolute Gasteiger partial charge is 0.271 e. The molecule has 2 heterocycles. The number of thiophene rings is 1. The largest absolute Gasteiger partial charge is 0.346 e. The summed E-state index contributed by atoms with van der Waals surface area (Å²) in [5, 5.41) is 1.65. The van der Waals surface area contributed by atoms with Crippen LogP contribution in [0.15, 0.2) is 15.7 Å². The van der Waals surface area contributed by atoms with Crippen LogP contribution >= 0.6 is 22.0 Å². The fourth-order valence-corrected chi connectivity index (χ4v) is 3.52. The van der Waals surface area contributed by atoms with Crippen molar-refractivity contribution in [2.75, 3.05) is 13.2 Å². The van der Waals surface area contributed by atoms with Gasteiger partial charge in [0.25, 0.3) is 9.05 Å². The second-order valence-corrected chi connectivity index (χ2v) is 6.35. The maximum absolute atomic E-state index is 11.1. The first-order valence-corrected chi connectivity index (χ1v) is 7.03. The molecule has 0 saturated carbocycles. The molecule has 4 nitrogen and oxygen atoms in total. The Bertz CT molecular complexity index is 419. The molecule has 0 spiro atoms. The maximum Gasteiger partial charge on any atom is 0.271 e. The highest BCUT2D eigenvalue weighted by atomic mass is 35.7. The quantitative estimate of drug-likeness (QED) is 0.754. The van der Waals surface area contributed by atoms with Crippen molar-refractivity contribution in [1.29, 1.82) is 0 Å². The molecule has 78 valence electrons. The van der Waals surface area contributed by atoms with Gasteiger partial charge in [0, 0.05) is 16.2 Å². The zero-order valence-corrected chi connectivity index (χ0v) is 9.36. The summed E-state index contributed by atoms with van der Waals surface area (Å²) in [7, 11) is 1.56.